The van der Waals surface area contributed by atoms with Crippen molar-refractivity contribution < 1.29 is 17.9 Å². The molecule has 1 amide bonds. The Balaban J connectivity index is 2.52. The van der Waals surface area contributed by atoms with Crippen molar-refractivity contribution in [2.24, 2.45) is 5.73 Å². The predicted octanol–water partition coefficient (Wildman–Crippen LogP) is -0.295. The molecule has 0 fully saturated rings. The van der Waals surface area contributed by atoms with Crippen LogP contribution in [-0.4, -0.2) is 59.1 Å². The fourth-order valence-electron chi connectivity index (χ4n) is 1.79. The molecule has 0 saturated heterocycles. The molecule has 1 aromatic rings. The molecule has 0 aliphatic heterocycles. The standard InChI is InChI=1S/C14H23N3O4S/c1-11-4-6-12(7-5-11)22(19,20)16-8-9-17(2)14(18)13(15)10-21-3/h4-7,13,16H,8-10,15H2,1-3H3. The van der Waals surface area contributed by atoms with Crippen LogP contribution in [0.25, 0.3) is 0 Å². The van der Waals surface area contributed by atoms with E-state index >= 15 is 0 Å². The summed E-state index contributed by atoms with van der Waals surface area (Å²) in [4.78, 5) is 13.4. The number of aryl methyl sites for hydroxylation is 1. The van der Waals surface area contributed by atoms with Gasteiger partial charge in [-0.3, -0.25) is 4.79 Å². The molecule has 1 atom stereocenters. The van der Waals surface area contributed by atoms with Crippen LogP contribution in [0, 0.1) is 6.92 Å². The molecule has 0 spiro atoms. The highest BCUT2D eigenvalue weighted by molar-refractivity contribution is 7.89. The Hall–Kier alpha value is -1.48. The summed E-state index contributed by atoms with van der Waals surface area (Å²) in [6.45, 7) is 2.34. The molecular weight excluding hydrogens is 306 g/mol. The highest BCUT2D eigenvalue weighted by Crippen LogP contribution is 2.09. The van der Waals surface area contributed by atoms with Gasteiger partial charge < -0.3 is 15.4 Å². The minimum atomic E-state index is -3.57. The lowest BCUT2D eigenvalue weighted by atomic mass is 10.2. The second-order valence-corrected chi connectivity index (χ2v) is 6.80. The molecule has 7 nitrogen and oxygen atoms in total. The van der Waals surface area contributed by atoms with Gasteiger partial charge in [-0.25, -0.2) is 13.1 Å². The van der Waals surface area contributed by atoms with Crippen molar-refractivity contribution in [3.8, 4) is 0 Å². The highest BCUT2D eigenvalue weighted by atomic mass is 32.2. The van der Waals surface area contributed by atoms with E-state index in [1.54, 1.807) is 31.3 Å². The molecule has 0 heterocycles. The monoisotopic (exact) mass is 329 g/mol. The van der Waals surface area contributed by atoms with E-state index < -0.39 is 16.1 Å². The van der Waals surface area contributed by atoms with Crippen LogP contribution in [-0.2, 0) is 19.6 Å². The average molecular weight is 329 g/mol. The maximum absolute atomic E-state index is 12.1. The van der Waals surface area contributed by atoms with Gasteiger partial charge in [-0.1, -0.05) is 17.7 Å². The van der Waals surface area contributed by atoms with Gasteiger partial charge in [-0.05, 0) is 19.1 Å². The van der Waals surface area contributed by atoms with Crippen LogP contribution in [0.4, 0.5) is 0 Å². The van der Waals surface area contributed by atoms with Crippen LogP contribution in [0.1, 0.15) is 5.56 Å². The molecule has 0 aliphatic carbocycles. The third-order valence-corrected chi connectivity index (χ3v) is 4.59. The molecule has 1 aromatic carbocycles. The third kappa shape index (κ3) is 5.38. The van der Waals surface area contributed by atoms with E-state index in [0.29, 0.717) is 0 Å². The minimum Gasteiger partial charge on any atom is -0.383 e. The minimum absolute atomic E-state index is 0.109. The number of nitrogens with two attached hydrogens (primary N) is 1. The first-order valence-corrected chi connectivity index (χ1v) is 8.32. The summed E-state index contributed by atoms with van der Waals surface area (Å²) >= 11 is 0. The Morgan fingerprint density at radius 2 is 1.95 bits per heavy atom. The lowest BCUT2D eigenvalue weighted by molar-refractivity contribution is -0.132. The van der Waals surface area contributed by atoms with Crippen molar-refractivity contribution in [1.29, 1.82) is 0 Å². The van der Waals surface area contributed by atoms with Crippen LogP contribution < -0.4 is 10.5 Å². The molecule has 0 bridgehead atoms. The Morgan fingerprint density at radius 3 is 2.50 bits per heavy atom. The molecule has 0 radical (unpaired) electrons. The summed E-state index contributed by atoms with van der Waals surface area (Å²) in [7, 11) is -0.544. The topological polar surface area (TPSA) is 102 Å². The molecule has 0 aliphatic rings. The fourth-order valence-corrected chi connectivity index (χ4v) is 2.81. The van der Waals surface area contributed by atoms with Gasteiger partial charge in [-0.2, -0.15) is 0 Å². The molecule has 0 saturated carbocycles. The van der Waals surface area contributed by atoms with Crippen molar-refractivity contribution >= 4 is 15.9 Å². The van der Waals surface area contributed by atoms with E-state index in [2.05, 4.69) is 4.72 Å². The zero-order valence-corrected chi connectivity index (χ0v) is 13.9. The number of benzene rings is 1. The largest absolute Gasteiger partial charge is 0.383 e. The van der Waals surface area contributed by atoms with E-state index in [9.17, 15) is 13.2 Å². The maximum Gasteiger partial charge on any atom is 0.241 e. The normalized spacial score (nSPS) is 12.9. The van der Waals surface area contributed by atoms with Crippen LogP contribution in [0.3, 0.4) is 0 Å². The summed E-state index contributed by atoms with van der Waals surface area (Å²) in [5.41, 5.74) is 6.62. The molecule has 8 heteroatoms. The van der Waals surface area contributed by atoms with E-state index in [-0.39, 0.29) is 30.5 Å². The molecule has 1 rings (SSSR count). The zero-order valence-electron chi connectivity index (χ0n) is 13.1. The Labute approximate surface area is 131 Å². The van der Waals surface area contributed by atoms with Gasteiger partial charge >= 0.3 is 0 Å². The van der Waals surface area contributed by atoms with Gasteiger partial charge in [0.25, 0.3) is 0 Å². The van der Waals surface area contributed by atoms with E-state index in [1.165, 1.54) is 12.0 Å². The first-order valence-electron chi connectivity index (χ1n) is 6.83. The molecule has 124 valence electrons. The summed E-state index contributed by atoms with van der Waals surface area (Å²) in [6.07, 6.45) is 0. The number of rotatable bonds is 8. The number of carbonyl (C=O) groups is 1. The highest BCUT2D eigenvalue weighted by Gasteiger charge is 2.18. The number of methoxy groups -OCH3 is 1. The first kappa shape index (κ1) is 18.6. The van der Waals surface area contributed by atoms with Gasteiger partial charge in [0.1, 0.15) is 6.04 Å². The fraction of sp³-hybridized carbons (Fsp3) is 0.500. The second-order valence-electron chi connectivity index (χ2n) is 5.03. The predicted molar refractivity (Wildman–Crippen MR) is 83.9 cm³/mol. The van der Waals surface area contributed by atoms with Gasteiger partial charge in [0.15, 0.2) is 0 Å². The Morgan fingerprint density at radius 1 is 1.36 bits per heavy atom. The number of nitrogens with one attached hydrogen (secondary N) is 1. The third-order valence-electron chi connectivity index (χ3n) is 3.11. The number of hydrogen-bond acceptors (Lipinski definition) is 5. The quantitative estimate of drug-likeness (QED) is 0.682. The van der Waals surface area contributed by atoms with Crippen molar-refractivity contribution in [2.45, 2.75) is 17.9 Å². The Kier molecular flexibility index (Phi) is 6.95. The average Bonchev–Trinajstić information content (AvgIpc) is 2.46. The number of ether oxygens (including phenoxy) is 1. The van der Waals surface area contributed by atoms with Gasteiger partial charge in [-0.15, -0.1) is 0 Å². The van der Waals surface area contributed by atoms with Crippen molar-refractivity contribution in [1.82, 2.24) is 9.62 Å². The number of carbonyl (C=O) groups excluding carboxylic acids is 1. The number of sulfonamides is 1. The van der Waals surface area contributed by atoms with Crippen molar-refractivity contribution in [3.63, 3.8) is 0 Å². The first-order chi connectivity index (χ1) is 10.3. The molecular formula is C14H23N3O4S. The van der Waals surface area contributed by atoms with E-state index in [4.69, 9.17) is 10.5 Å². The SMILES string of the molecule is COCC(N)C(=O)N(C)CCNS(=O)(=O)c1ccc(C)cc1. The molecule has 1 unspecified atom stereocenters. The van der Waals surface area contributed by atoms with Crippen molar-refractivity contribution in [3.05, 3.63) is 29.8 Å². The molecule has 22 heavy (non-hydrogen) atoms. The number of likely N-dealkylation sites (N-methyl/N-ethyl adjacent to an activating group) is 1. The summed E-state index contributed by atoms with van der Waals surface area (Å²) in [6, 6.07) is 5.80. The summed E-state index contributed by atoms with van der Waals surface area (Å²) in [5, 5.41) is 0. The lowest BCUT2D eigenvalue weighted by Gasteiger charge is -2.21. The number of hydrogen-bond donors (Lipinski definition) is 2. The van der Waals surface area contributed by atoms with E-state index in [1.807, 2.05) is 6.92 Å². The van der Waals surface area contributed by atoms with Crippen LogP contribution in [0.5, 0.6) is 0 Å². The van der Waals surface area contributed by atoms with Crippen molar-refractivity contribution in [2.75, 3.05) is 33.9 Å². The zero-order chi connectivity index (χ0) is 16.8. The number of nitrogens with zero attached hydrogens (tertiary/aromatic N) is 1. The van der Waals surface area contributed by atoms with Crippen LogP contribution in [0.2, 0.25) is 0 Å². The summed E-state index contributed by atoms with van der Waals surface area (Å²) in [5.74, 6) is -0.295. The lowest BCUT2D eigenvalue weighted by Crippen LogP contribution is -2.46. The second kappa shape index (κ2) is 8.23. The Bertz CT molecular complexity index is 587. The van der Waals surface area contributed by atoms with Crippen LogP contribution >= 0.6 is 0 Å². The molecule has 0 aromatic heterocycles. The summed E-state index contributed by atoms with van der Waals surface area (Å²) < 4.78 is 31.4. The molecule has 3 N–H and O–H groups in total. The van der Waals surface area contributed by atoms with Crippen LogP contribution in [0.15, 0.2) is 29.2 Å². The van der Waals surface area contributed by atoms with Gasteiger partial charge in [0.05, 0.1) is 11.5 Å². The van der Waals surface area contributed by atoms with Gasteiger partial charge in [0, 0.05) is 27.2 Å². The van der Waals surface area contributed by atoms with Gasteiger partial charge in [0.2, 0.25) is 15.9 Å². The van der Waals surface area contributed by atoms with E-state index in [0.717, 1.165) is 5.56 Å². The number of amides is 1. The smallest absolute Gasteiger partial charge is 0.241 e. The maximum atomic E-state index is 12.1.